The molecule has 0 bridgehead atoms. The molecule has 7 heteroatoms. The first kappa shape index (κ1) is 16.2. The van der Waals surface area contributed by atoms with Gasteiger partial charge in [0.1, 0.15) is 24.0 Å². The fourth-order valence-electron chi connectivity index (χ4n) is 1.66. The molecule has 0 aliphatic rings. The second kappa shape index (κ2) is 7.64. The van der Waals surface area contributed by atoms with Crippen LogP contribution in [0.5, 0.6) is 0 Å². The molecule has 1 unspecified atom stereocenters. The van der Waals surface area contributed by atoms with Crippen LogP contribution in [-0.4, -0.2) is 44.8 Å². The van der Waals surface area contributed by atoms with Crippen LogP contribution in [0.4, 0.5) is 11.6 Å². The van der Waals surface area contributed by atoms with Crippen molar-refractivity contribution in [3.8, 4) is 0 Å². The van der Waals surface area contributed by atoms with E-state index in [1.54, 1.807) is 13.0 Å². The Kier molecular flexibility index (Phi) is 6.17. The lowest BCUT2D eigenvalue weighted by molar-refractivity contribution is -0.138. The summed E-state index contributed by atoms with van der Waals surface area (Å²) in [6, 6.07) is 0.938. The Morgan fingerprint density at radius 3 is 2.50 bits per heavy atom. The van der Waals surface area contributed by atoms with E-state index in [4.69, 9.17) is 0 Å². The van der Waals surface area contributed by atoms with Crippen molar-refractivity contribution in [3.63, 3.8) is 0 Å². The number of anilines is 2. The standard InChI is InChI=1S/C13H22N4O3/c1-8(2)4-10(13(19)20)17-12-5-11(15-7-16-12)14-6-9(3)18/h5,7-10,18H,4,6H2,1-3H3,(H,19,20)(H2,14,15,16,17)/t9?,10-/m0/s1. The van der Waals surface area contributed by atoms with Crippen molar-refractivity contribution in [3.05, 3.63) is 12.4 Å². The molecule has 0 radical (unpaired) electrons. The molecular formula is C13H22N4O3. The number of aromatic nitrogens is 2. The fourth-order valence-corrected chi connectivity index (χ4v) is 1.66. The minimum atomic E-state index is -0.907. The molecule has 4 N–H and O–H groups in total. The second-order valence-electron chi connectivity index (χ2n) is 5.18. The van der Waals surface area contributed by atoms with Crippen LogP contribution in [0.25, 0.3) is 0 Å². The lowest BCUT2D eigenvalue weighted by Gasteiger charge is -2.17. The van der Waals surface area contributed by atoms with Crippen molar-refractivity contribution in [1.29, 1.82) is 0 Å². The lowest BCUT2D eigenvalue weighted by Crippen LogP contribution is -2.31. The van der Waals surface area contributed by atoms with Gasteiger partial charge >= 0.3 is 5.97 Å². The third kappa shape index (κ3) is 5.83. The molecule has 0 aromatic carbocycles. The Bertz CT molecular complexity index is 437. The molecular weight excluding hydrogens is 260 g/mol. The van der Waals surface area contributed by atoms with E-state index in [1.807, 2.05) is 13.8 Å². The summed E-state index contributed by atoms with van der Waals surface area (Å²) in [5.41, 5.74) is 0. The zero-order chi connectivity index (χ0) is 15.1. The molecule has 0 amide bonds. The molecule has 2 atom stereocenters. The van der Waals surface area contributed by atoms with Crippen LogP contribution in [0.2, 0.25) is 0 Å². The fraction of sp³-hybridized carbons (Fsp3) is 0.615. The second-order valence-corrected chi connectivity index (χ2v) is 5.18. The molecule has 0 aliphatic carbocycles. The summed E-state index contributed by atoms with van der Waals surface area (Å²) in [7, 11) is 0. The molecule has 0 spiro atoms. The van der Waals surface area contributed by atoms with E-state index in [0.717, 1.165) is 0 Å². The first-order valence-corrected chi connectivity index (χ1v) is 6.61. The van der Waals surface area contributed by atoms with Gasteiger partial charge in [0.25, 0.3) is 0 Å². The molecule has 0 fully saturated rings. The molecule has 1 aromatic rings. The topological polar surface area (TPSA) is 107 Å². The molecule has 1 aromatic heterocycles. The first-order chi connectivity index (χ1) is 9.38. The smallest absolute Gasteiger partial charge is 0.326 e. The molecule has 1 heterocycles. The molecule has 1 rings (SSSR count). The van der Waals surface area contributed by atoms with Crippen molar-refractivity contribution < 1.29 is 15.0 Å². The van der Waals surface area contributed by atoms with Gasteiger partial charge in [-0.25, -0.2) is 14.8 Å². The highest BCUT2D eigenvalue weighted by molar-refractivity contribution is 5.77. The van der Waals surface area contributed by atoms with Gasteiger partial charge in [-0.3, -0.25) is 0 Å². The van der Waals surface area contributed by atoms with Crippen molar-refractivity contribution in [1.82, 2.24) is 9.97 Å². The summed E-state index contributed by atoms with van der Waals surface area (Å²) in [6.45, 7) is 5.96. The van der Waals surface area contributed by atoms with E-state index in [2.05, 4.69) is 20.6 Å². The van der Waals surface area contributed by atoms with Crippen LogP contribution in [-0.2, 0) is 4.79 Å². The summed E-state index contributed by atoms with van der Waals surface area (Å²) in [4.78, 5) is 19.2. The summed E-state index contributed by atoms with van der Waals surface area (Å²) in [5, 5.41) is 24.2. The summed E-state index contributed by atoms with van der Waals surface area (Å²) in [6.07, 6.45) is 1.37. The maximum absolute atomic E-state index is 11.2. The third-order valence-corrected chi connectivity index (χ3v) is 2.57. The number of rotatable bonds is 8. The SMILES string of the molecule is CC(C)C[C@H](Nc1cc(NCC(C)O)ncn1)C(=O)O. The van der Waals surface area contributed by atoms with Crippen LogP contribution in [0, 0.1) is 5.92 Å². The van der Waals surface area contributed by atoms with Gasteiger partial charge in [0.15, 0.2) is 0 Å². The van der Waals surface area contributed by atoms with Crippen molar-refractivity contribution in [2.75, 3.05) is 17.2 Å². The van der Waals surface area contributed by atoms with E-state index in [1.165, 1.54) is 6.33 Å². The molecule has 112 valence electrons. The third-order valence-electron chi connectivity index (χ3n) is 2.57. The minimum Gasteiger partial charge on any atom is -0.480 e. The monoisotopic (exact) mass is 282 g/mol. The van der Waals surface area contributed by atoms with Gasteiger partial charge in [0.2, 0.25) is 0 Å². The maximum atomic E-state index is 11.2. The number of nitrogens with one attached hydrogen (secondary N) is 2. The van der Waals surface area contributed by atoms with Gasteiger partial charge in [-0.15, -0.1) is 0 Å². The Hall–Kier alpha value is -1.89. The van der Waals surface area contributed by atoms with Crippen LogP contribution in [0.1, 0.15) is 27.2 Å². The molecule has 0 saturated heterocycles. The van der Waals surface area contributed by atoms with E-state index in [9.17, 15) is 15.0 Å². The number of hydrogen-bond donors (Lipinski definition) is 4. The van der Waals surface area contributed by atoms with Gasteiger partial charge in [-0.2, -0.15) is 0 Å². The van der Waals surface area contributed by atoms with Crippen molar-refractivity contribution in [2.24, 2.45) is 5.92 Å². The Balaban J connectivity index is 2.70. The quantitative estimate of drug-likeness (QED) is 0.567. The average Bonchev–Trinajstić information content (AvgIpc) is 2.35. The van der Waals surface area contributed by atoms with E-state index in [-0.39, 0.29) is 5.92 Å². The largest absolute Gasteiger partial charge is 0.480 e. The number of aliphatic hydroxyl groups excluding tert-OH is 1. The summed E-state index contributed by atoms with van der Waals surface area (Å²) in [5.74, 6) is 0.340. The van der Waals surface area contributed by atoms with Gasteiger partial charge in [-0.05, 0) is 19.3 Å². The van der Waals surface area contributed by atoms with E-state index in [0.29, 0.717) is 24.6 Å². The lowest BCUT2D eigenvalue weighted by atomic mass is 10.0. The number of carboxylic acids is 1. The first-order valence-electron chi connectivity index (χ1n) is 6.61. The highest BCUT2D eigenvalue weighted by Gasteiger charge is 2.19. The Labute approximate surface area is 118 Å². The van der Waals surface area contributed by atoms with Crippen LogP contribution < -0.4 is 10.6 Å². The van der Waals surface area contributed by atoms with E-state index < -0.39 is 18.1 Å². The summed E-state index contributed by atoms with van der Waals surface area (Å²) >= 11 is 0. The van der Waals surface area contributed by atoms with E-state index >= 15 is 0 Å². The highest BCUT2D eigenvalue weighted by atomic mass is 16.4. The highest BCUT2D eigenvalue weighted by Crippen LogP contribution is 2.13. The zero-order valence-corrected chi connectivity index (χ0v) is 12.0. The van der Waals surface area contributed by atoms with Gasteiger partial charge in [0.05, 0.1) is 6.10 Å². The van der Waals surface area contributed by atoms with Crippen molar-refractivity contribution >= 4 is 17.6 Å². The van der Waals surface area contributed by atoms with Crippen LogP contribution in [0.3, 0.4) is 0 Å². The number of aliphatic carboxylic acids is 1. The number of carboxylic acid groups (broad SMARTS) is 1. The molecule has 0 saturated carbocycles. The number of carbonyl (C=O) groups is 1. The average molecular weight is 282 g/mol. The van der Waals surface area contributed by atoms with Gasteiger partial charge in [0, 0.05) is 12.6 Å². The zero-order valence-electron chi connectivity index (χ0n) is 12.0. The maximum Gasteiger partial charge on any atom is 0.326 e. The van der Waals surface area contributed by atoms with Crippen molar-refractivity contribution in [2.45, 2.75) is 39.3 Å². The van der Waals surface area contributed by atoms with Crippen LogP contribution in [0.15, 0.2) is 12.4 Å². The molecule has 0 aliphatic heterocycles. The van der Waals surface area contributed by atoms with Gasteiger partial charge in [-0.1, -0.05) is 13.8 Å². The minimum absolute atomic E-state index is 0.262. The van der Waals surface area contributed by atoms with Crippen LogP contribution >= 0.6 is 0 Å². The molecule has 20 heavy (non-hydrogen) atoms. The summed E-state index contributed by atoms with van der Waals surface area (Å²) < 4.78 is 0. The normalized spacial score (nSPS) is 13.8. The number of hydrogen-bond acceptors (Lipinski definition) is 6. The Morgan fingerprint density at radius 2 is 1.95 bits per heavy atom. The Morgan fingerprint density at radius 1 is 1.30 bits per heavy atom. The predicted molar refractivity (Wildman–Crippen MR) is 76.7 cm³/mol. The molecule has 7 nitrogen and oxygen atoms in total. The predicted octanol–water partition coefficient (Wildman–Crippen LogP) is 1.18. The number of nitrogens with zero attached hydrogens (tertiary/aromatic N) is 2. The number of aliphatic hydroxyl groups is 1. The van der Waals surface area contributed by atoms with Gasteiger partial charge < -0.3 is 20.8 Å².